The van der Waals surface area contributed by atoms with Gasteiger partial charge in [-0.05, 0) is 41.9 Å². The maximum atomic E-state index is 14.2. The van der Waals surface area contributed by atoms with E-state index in [0.717, 1.165) is 15.9 Å². The Morgan fingerprint density at radius 1 is 0.714 bits per heavy atom. The summed E-state index contributed by atoms with van der Waals surface area (Å²) in [5.41, 5.74) is 1.09. The third-order valence-electron chi connectivity index (χ3n) is 6.06. The number of rotatable bonds is 5. The van der Waals surface area contributed by atoms with E-state index in [1.165, 1.54) is 17.1 Å². The smallest absolute Gasteiger partial charge is 0.267 e. The molecule has 35 heavy (non-hydrogen) atoms. The van der Waals surface area contributed by atoms with Crippen LogP contribution in [0.3, 0.4) is 0 Å². The van der Waals surface area contributed by atoms with Crippen LogP contribution in [0.25, 0.3) is 0 Å². The Balaban J connectivity index is 1.84. The van der Waals surface area contributed by atoms with E-state index >= 15 is 0 Å². The summed E-state index contributed by atoms with van der Waals surface area (Å²) in [6.07, 6.45) is 0. The second-order valence-electron chi connectivity index (χ2n) is 8.10. The number of anilines is 1. The van der Waals surface area contributed by atoms with E-state index in [0.29, 0.717) is 16.7 Å². The van der Waals surface area contributed by atoms with Gasteiger partial charge in [-0.3, -0.25) is 14.9 Å². The van der Waals surface area contributed by atoms with E-state index in [1.54, 1.807) is 12.1 Å². The third kappa shape index (κ3) is 3.78. The van der Waals surface area contributed by atoms with Crippen molar-refractivity contribution in [2.45, 2.75) is 6.92 Å². The summed E-state index contributed by atoms with van der Waals surface area (Å²) >= 11 is 0. The van der Waals surface area contributed by atoms with Gasteiger partial charge in [0.1, 0.15) is 0 Å². The zero-order valence-corrected chi connectivity index (χ0v) is 19.9. The van der Waals surface area contributed by atoms with Crippen molar-refractivity contribution in [1.29, 1.82) is 0 Å². The van der Waals surface area contributed by atoms with E-state index in [2.05, 4.69) is 41.5 Å². The Bertz CT molecular complexity index is 1380. The molecule has 0 N–H and O–H groups in total. The van der Waals surface area contributed by atoms with Gasteiger partial charge in [0.25, 0.3) is 11.6 Å². The second kappa shape index (κ2) is 9.16. The molecule has 4 aromatic carbocycles. The standard InChI is InChI=1S/C28H22N3O3P/c1-21-27(28(32)30(29-21)22-17-19-23(20-18-22)31(33)34)35(24-11-5-2-6-12-24,25-13-7-3-8-14-25)26-15-9-4-10-16-26/h2-20H,1H3. The molecule has 0 unspecified atom stereocenters. The summed E-state index contributed by atoms with van der Waals surface area (Å²) in [6, 6.07) is 36.3. The molecule has 1 aliphatic rings. The number of nitrogens with zero attached hydrogens (tertiary/aromatic N) is 3. The molecule has 0 saturated carbocycles. The first-order valence-electron chi connectivity index (χ1n) is 11.1. The predicted octanol–water partition coefficient (Wildman–Crippen LogP) is 4.48. The van der Waals surface area contributed by atoms with Crippen molar-refractivity contribution in [3.63, 3.8) is 0 Å². The van der Waals surface area contributed by atoms with E-state index < -0.39 is 11.8 Å². The molecule has 0 radical (unpaired) electrons. The van der Waals surface area contributed by atoms with Crippen LogP contribution in [0.1, 0.15) is 6.92 Å². The summed E-state index contributed by atoms with van der Waals surface area (Å²) in [4.78, 5) is 24.8. The molecule has 1 heterocycles. The minimum atomic E-state index is -2.61. The van der Waals surface area contributed by atoms with Crippen LogP contribution in [0.2, 0.25) is 0 Å². The zero-order chi connectivity index (χ0) is 24.4. The quantitative estimate of drug-likeness (QED) is 0.241. The lowest BCUT2D eigenvalue weighted by molar-refractivity contribution is -0.384. The average Bonchev–Trinajstić information content (AvgIpc) is 3.21. The van der Waals surface area contributed by atoms with Gasteiger partial charge in [-0.2, -0.15) is 10.1 Å². The summed E-state index contributed by atoms with van der Waals surface area (Å²) in [6.45, 7) is -0.746. The van der Waals surface area contributed by atoms with Gasteiger partial charge in [0.15, 0.2) is 0 Å². The number of non-ortho nitro benzene ring substituents is 1. The Labute approximate surface area is 203 Å². The summed E-state index contributed by atoms with van der Waals surface area (Å²) < 4.78 is 0. The first kappa shape index (κ1) is 22.5. The van der Waals surface area contributed by atoms with E-state index in [9.17, 15) is 14.9 Å². The van der Waals surface area contributed by atoms with Gasteiger partial charge in [-0.1, -0.05) is 91.0 Å². The average molecular weight is 479 g/mol. The van der Waals surface area contributed by atoms with Crippen LogP contribution in [0, 0.1) is 10.1 Å². The van der Waals surface area contributed by atoms with Crippen LogP contribution in [0.4, 0.5) is 11.4 Å². The molecule has 0 bridgehead atoms. The predicted molar refractivity (Wildman–Crippen MR) is 144 cm³/mol. The number of benzene rings is 4. The number of amides is 1. The van der Waals surface area contributed by atoms with Crippen LogP contribution < -0.4 is 20.9 Å². The molecule has 5 rings (SSSR count). The Kier molecular flexibility index (Phi) is 5.89. The first-order chi connectivity index (χ1) is 17.0. The number of carbonyl (C=O) groups is 1. The number of hydrogen-bond acceptors (Lipinski definition) is 4. The molecule has 0 atom stereocenters. The molecular formula is C28H22N3O3P. The van der Waals surface area contributed by atoms with Crippen molar-refractivity contribution in [2.75, 3.05) is 5.01 Å². The van der Waals surface area contributed by atoms with E-state index in [-0.39, 0.29) is 11.6 Å². The van der Waals surface area contributed by atoms with Crippen LogP contribution in [0.5, 0.6) is 0 Å². The van der Waals surface area contributed by atoms with Crippen LogP contribution in [-0.4, -0.2) is 21.8 Å². The van der Waals surface area contributed by atoms with Gasteiger partial charge < -0.3 is 0 Å². The van der Waals surface area contributed by atoms with Gasteiger partial charge >= 0.3 is 0 Å². The zero-order valence-electron chi connectivity index (χ0n) is 19.0. The van der Waals surface area contributed by atoms with Crippen LogP contribution >= 0.6 is 6.89 Å². The SMILES string of the molecule is CC1=NN(c2ccc([N+](=O)[O-])cc2)C(=O)C1=P(c1ccccc1)(c1ccccc1)c1ccccc1. The lowest BCUT2D eigenvalue weighted by Crippen LogP contribution is -2.37. The monoisotopic (exact) mass is 479 g/mol. The highest BCUT2D eigenvalue weighted by molar-refractivity contribution is 7.97. The minimum Gasteiger partial charge on any atom is -0.267 e. The topological polar surface area (TPSA) is 75.8 Å². The maximum Gasteiger partial charge on any atom is 0.281 e. The fourth-order valence-corrected chi connectivity index (χ4v) is 9.00. The lowest BCUT2D eigenvalue weighted by atomic mass is 10.2. The molecule has 6 nitrogen and oxygen atoms in total. The van der Waals surface area contributed by atoms with Gasteiger partial charge in [-0.25, -0.2) is 0 Å². The van der Waals surface area contributed by atoms with E-state index in [4.69, 9.17) is 0 Å². The van der Waals surface area contributed by atoms with Crippen molar-refractivity contribution < 1.29 is 9.72 Å². The third-order valence-corrected chi connectivity index (χ3v) is 10.5. The first-order valence-corrected chi connectivity index (χ1v) is 12.9. The maximum absolute atomic E-state index is 14.2. The molecule has 7 heteroatoms. The van der Waals surface area contributed by atoms with Crippen molar-refractivity contribution >= 4 is 51.1 Å². The molecule has 172 valence electrons. The van der Waals surface area contributed by atoms with Crippen molar-refractivity contribution in [2.24, 2.45) is 5.10 Å². The number of hydrogen-bond donors (Lipinski definition) is 0. The van der Waals surface area contributed by atoms with Crippen LogP contribution in [-0.2, 0) is 4.79 Å². The molecular weight excluding hydrogens is 457 g/mol. The highest BCUT2D eigenvalue weighted by atomic mass is 31.2. The van der Waals surface area contributed by atoms with Gasteiger partial charge in [0, 0.05) is 12.1 Å². The molecule has 1 amide bonds. The van der Waals surface area contributed by atoms with Gasteiger partial charge in [0.2, 0.25) is 0 Å². The summed E-state index contributed by atoms with van der Waals surface area (Å²) in [5, 5.41) is 20.9. The fraction of sp³-hybridized carbons (Fsp3) is 0.0357. The molecule has 0 spiro atoms. The molecule has 0 aliphatic carbocycles. The molecule has 1 aliphatic heterocycles. The molecule has 4 aromatic rings. The van der Waals surface area contributed by atoms with Gasteiger partial charge in [-0.15, -0.1) is 0 Å². The number of carbonyl (C=O) groups excluding carboxylic acids is 1. The number of hydrazone groups is 1. The Morgan fingerprint density at radius 3 is 1.54 bits per heavy atom. The number of nitro benzene ring substituents is 1. The van der Waals surface area contributed by atoms with E-state index in [1.807, 2.05) is 61.5 Å². The fourth-order valence-electron chi connectivity index (χ4n) is 4.56. The second-order valence-corrected chi connectivity index (χ2v) is 11.4. The minimum absolute atomic E-state index is 0.0370. The molecule has 0 saturated heterocycles. The normalized spacial score (nSPS) is 13.6. The Morgan fingerprint density at radius 2 is 1.14 bits per heavy atom. The van der Waals surface area contributed by atoms with Crippen molar-refractivity contribution in [1.82, 2.24) is 0 Å². The highest BCUT2D eigenvalue weighted by Crippen LogP contribution is 2.48. The number of nitro groups is 1. The highest BCUT2D eigenvalue weighted by Gasteiger charge is 2.40. The summed E-state index contributed by atoms with van der Waals surface area (Å²) in [7, 11) is 0. The lowest BCUT2D eigenvalue weighted by Gasteiger charge is -2.31. The van der Waals surface area contributed by atoms with Crippen molar-refractivity contribution in [3.8, 4) is 0 Å². The molecule has 0 aromatic heterocycles. The summed E-state index contributed by atoms with van der Waals surface area (Å²) in [5.74, 6) is -0.221. The van der Waals surface area contributed by atoms with Gasteiger partial charge in [0.05, 0.1) is 21.6 Å². The largest absolute Gasteiger partial charge is 0.281 e. The Hall–Kier alpha value is -4.28. The van der Waals surface area contributed by atoms with Crippen LogP contribution in [0.15, 0.2) is 120 Å². The van der Waals surface area contributed by atoms with Crippen molar-refractivity contribution in [3.05, 3.63) is 125 Å². The molecule has 0 fully saturated rings.